The van der Waals surface area contributed by atoms with Gasteiger partial charge in [-0.2, -0.15) is 5.10 Å². The Hall–Kier alpha value is -2.80. The molecule has 0 amide bonds. The smallest absolute Gasteiger partial charge is 0.228 e. The Morgan fingerprint density at radius 1 is 1.19 bits per heavy atom. The fourth-order valence-electron chi connectivity index (χ4n) is 3.53. The molecule has 1 aliphatic heterocycles. The van der Waals surface area contributed by atoms with E-state index >= 15 is 0 Å². The van der Waals surface area contributed by atoms with E-state index in [-0.39, 0.29) is 0 Å². The summed E-state index contributed by atoms with van der Waals surface area (Å²) in [4.78, 5) is 15.3. The minimum atomic E-state index is 0.515. The van der Waals surface area contributed by atoms with E-state index < -0.39 is 0 Å². The Labute approximate surface area is 153 Å². The molecule has 4 rings (SSSR count). The van der Waals surface area contributed by atoms with Crippen molar-refractivity contribution in [1.82, 2.24) is 29.6 Å². The monoisotopic (exact) mass is 349 g/mol. The normalized spacial score (nSPS) is 18.0. The van der Waals surface area contributed by atoms with E-state index in [0.29, 0.717) is 11.9 Å². The van der Waals surface area contributed by atoms with Crippen LogP contribution in [0.3, 0.4) is 0 Å². The second-order valence-electron chi connectivity index (χ2n) is 6.77. The van der Waals surface area contributed by atoms with Crippen molar-refractivity contribution in [2.45, 2.75) is 25.3 Å². The Bertz CT molecular complexity index is 846. The second-order valence-corrected chi connectivity index (χ2v) is 6.77. The first-order valence-corrected chi connectivity index (χ1v) is 8.96. The number of aromatic nitrogens is 5. The van der Waals surface area contributed by atoms with Gasteiger partial charge in [0.15, 0.2) is 0 Å². The highest BCUT2D eigenvalue weighted by Crippen LogP contribution is 2.29. The Morgan fingerprint density at radius 3 is 2.88 bits per heavy atom. The number of nitrogens with zero attached hydrogens (tertiary/aromatic N) is 6. The van der Waals surface area contributed by atoms with Crippen LogP contribution in [0.5, 0.6) is 0 Å². The number of aryl methyl sites for hydroxylation is 1. The van der Waals surface area contributed by atoms with Gasteiger partial charge in [0.2, 0.25) is 5.95 Å². The van der Waals surface area contributed by atoms with Gasteiger partial charge in [-0.25, -0.2) is 15.0 Å². The predicted molar refractivity (Wildman–Crippen MR) is 100 cm³/mol. The van der Waals surface area contributed by atoms with Crippen LogP contribution in [-0.2, 0) is 13.6 Å². The summed E-state index contributed by atoms with van der Waals surface area (Å²) < 4.78 is 1.86. The molecular formula is C19H23N7. The van der Waals surface area contributed by atoms with Gasteiger partial charge in [0.25, 0.3) is 0 Å². The topological polar surface area (TPSA) is 71.8 Å². The molecule has 0 aliphatic carbocycles. The zero-order valence-electron chi connectivity index (χ0n) is 14.9. The average Bonchev–Trinajstić information content (AvgIpc) is 3.08. The summed E-state index contributed by atoms with van der Waals surface area (Å²) in [7, 11) is 1.96. The lowest BCUT2D eigenvalue weighted by Gasteiger charge is -2.32. The van der Waals surface area contributed by atoms with Gasteiger partial charge in [-0.05, 0) is 49.1 Å². The molecule has 0 saturated carbocycles. The maximum absolute atomic E-state index is 4.40. The van der Waals surface area contributed by atoms with Gasteiger partial charge in [-0.15, -0.1) is 0 Å². The third-order valence-electron chi connectivity index (χ3n) is 4.73. The highest BCUT2D eigenvalue weighted by Gasteiger charge is 2.22. The first-order chi connectivity index (χ1) is 12.8. The fraction of sp³-hybridized carbons (Fsp3) is 0.368. The van der Waals surface area contributed by atoms with E-state index in [9.17, 15) is 0 Å². The molecular weight excluding hydrogens is 326 g/mol. The minimum Gasteiger partial charge on any atom is -0.309 e. The van der Waals surface area contributed by atoms with Crippen LogP contribution in [-0.4, -0.2) is 42.7 Å². The largest absolute Gasteiger partial charge is 0.309 e. The molecule has 1 fully saturated rings. The maximum Gasteiger partial charge on any atom is 0.228 e. The standard InChI is InChI=1S/C19H23N7/c1-25-12-15(11-23-25)13-26-9-2-4-17(14-26)16-5-8-20-18(10-16)24-19-21-6-3-7-22-19/h3,5-8,10-12,17H,2,4,9,13-14H2,1H3,(H,20,21,22,24). The SMILES string of the molecule is Cn1cc(CN2CCCC(c3ccnc(Nc4ncccn4)c3)C2)cn1. The summed E-state index contributed by atoms with van der Waals surface area (Å²) in [5.74, 6) is 1.87. The van der Waals surface area contributed by atoms with Gasteiger partial charge in [0, 0.05) is 50.5 Å². The van der Waals surface area contributed by atoms with Crippen molar-refractivity contribution in [3.8, 4) is 0 Å². The average molecular weight is 349 g/mol. The van der Waals surface area contributed by atoms with E-state index in [4.69, 9.17) is 0 Å². The molecule has 0 bridgehead atoms. The zero-order valence-corrected chi connectivity index (χ0v) is 14.9. The molecule has 0 aromatic carbocycles. The van der Waals surface area contributed by atoms with E-state index in [1.54, 1.807) is 18.5 Å². The molecule has 1 N–H and O–H groups in total. The summed E-state index contributed by atoms with van der Waals surface area (Å²) in [6.45, 7) is 3.15. The molecule has 7 nitrogen and oxygen atoms in total. The Kier molecular flexibility index (Phi) is 4.88. The van der Waals surface area contributed by atoms with Gasteiger partial charge in [-0.3, -0.25) is 9.58 Å². The van der Waals surface area contributed by atoms with Crippen molar-refractivity contribution in [1.29, 1.82) is 0 Å². The number of hydrogen-bond acceptors (Lipinski definition) is 6. The van der Waals surface area contributed by atoms with Crippen LogP contribution >= 0.6 is 0 Å². The summed E-state index contributed by atoms with van der Waals surface area (Å²) >= 11 is 0. The van der Waals surface area contributed by atoms with E-state index in [1.807, 2.05) is 24.1 Å². The predicted octanol–water partition coefficient (Wildman–Crippen LogP) is 2.73. The quantitative estimate of drug-likeness (QED) is 0.764. The van der Waals surface area contributed by atoms with Crippen LogP contribution in [0.2, 0.25) is 0 Å². The maximum atomic E-state index is 4.40. The number of hydrogen-bond donors (Lipinski definition) is 1. The second kappa shape index (κ2) is 7.61. The Morgan fingerprint density at radius 2 is 2.08 bits per heavy atom. The number of rotatable bonds is 5. The third kappa shape index (κ3) is 4.05. The number of nitrogens with one attached hydrogen (secondary N) is 1. The van der Waals surface area contributed by atoms with Crippen molar-refractivity contribution < 1.29 is 0 Å². The minimum absolute atomic E-state index is 0.515. The van der Waals surface area contributed by atoms with Gasteiger partial charge >= 0.3 is 0 Å². The van der Waals surface area contributed by atoms with Gasteiger partial charge < -0.3 is 5.32 Å². The fourth-order valence-corrected chi connectivity index (χ4v) is 3.53. The molecule has 4 heterocycles. The van der Waals surface area contributed by atoms with Crippen LogP contribution < -0.4 is 5.32 Å². The molecule has 1 aliphatic rings. The first-order valence-electron chi connectivity index (χ1n) is 8.96. The summed E-state index contributed by atoms with van der Waals surface area (Å²) in [5, 5.41) is 7.45. The highest BCUT2D eigenvalue weighted by molar-refractivity contribution is 5.48. The van der Waals surface area contributed by atoms with Crippen molar-refractivity contribution >= 4 is 11.8 Å². The number of likely N-dealkylation sites (tertiary alicyclic amines) is 1. The Balaban J connectivity index is 1.44. The summed E-state index contributed by atoms with van der Waals surface area (Å²) in [6, 6.07) is 6.04. The van der Waals surface area contributed by atoms with Crippen LogP contribution in [0.15, 0.2) is 49.2 Å². The molecule has 3 aromatic heterocycles. The molecule has 26 heavy (non-hydrogen) atoms. The molecule has 1 atom stereocenters. The molecule has 1 saturated heterocycles. The number of piperidine rings is 1. The third-order valence-corrected chi connectivity index (χ3v) is 4.73. The van der Waals surface area contributed by atoms with Crippen molar-refractivity contribution in [2.75, 3.05) is 18.4 Å². The van der Waals surface area contributed by atoms with Crippen molar-refractivity contribution in [2.24, 2.45) is 7.05 Å². The summed E-state index contributed by atoms with van der Waals surface area (Å²) in [5.41, 5.74) is 2.58. The van der Waals surface area contributed by atoms with Crippen LogP contribution in [0, 0.1) is 0 Å². The lowest BCUT2D eigenvalue weighted by atomic mass is 9.91. The van der Waals surface area contributed by atoms with Crippen LogP contribution in [0.25, 0.3) is 0 Å². The molecule has 134 valence electrons. The molecule has 3 aromatic rings. The molecule has 0 spiro atoms. The summed E-state index contributed by atoms with van der Waals surface area (Å²) in [6.07, 6.45) is 11.8. The van der Waals surface area contributed by atoms with Gasteiger partial charge in [0.1, 0.15) is 5.82 Å². The first kappa shape index (κ1) is 16.7. The lowest BCUT2D eigenvalue weighted by molar-refractivity contribution is 0.200. The molecule has 1 unspecified atom stereocenters. The van der Waals surface area contributed by atoms with Crippen LogP contribution in [0.4, 0.5) is 11.8 Å². The van der Waals surface area contributed by atoms with E-state index in [1.165, 1.54) is 24.0 Å². The van der Waals surface area contributed by atoms with Crippen molar-refractivity contribution in [3.63, 3.8) is 0 Å². The lowest BCUT2D eigenvalue weighted by Crippen LogP contribution is -2.33. The van der Waals surface area contributed by atoms with E-state index in [0.717, 1.165) is 25.5 Å². The molecule has 7 heteroatoms. The number of anilines is 2. The zero-order chi connectivity index (χ0) is 17.8. The van der Waals surface area contributed by atoms with E-state index in [2.05, 4.69) is 48.6 Å². The van der Waals surface area contributed by atoms with Gasteiger partial charge in [-0.1, -0.05) is 0 Å². The van der Waals surface area contributed by atoms with Crippen molar-refractivity contribution in [3.05, 3.63) is 60.3 Å². The van der Waals surface area contributed by atoms with Gasteiger partial charge in [0.05, 0.1) is 6.20 Å². The number of pyridine rings is 1. The molecule has 0 radical (unpaired) electrons. The van der Waals surface area contributed by atoms with Crippen LogP contribution in [0.1, 0.15) is 29.9 Å². The highest BCUT2D eigenvalue weighted by atomic mass is 15.2.